The minimum Gasteiger partial charge on any atom is -0.454 e. The summed E-state index contributed by atoms with van der Waals surface area (Å²) in [6, 6.07) is 9.11. The minimum absolute atomic E-state index is 0.111. The minimum atomic E-state index is -0.508. The van der Waals surface area contributed by atoms with E-state index < -0.39 is 11.7 Å². The molecule has 0 unspecified atom stereocenters. The lowest BCUT2D eigenvalue weighted by Crippen LogP contribution is -2.24. The summed E-state index contributed by atoms with van der Waals surface area (Å²) in [7, 11) is 0. The largest absolute Gasteiger partial charge is 0.454 e. The van der Waals surface area contributed by atoms with Gasteiger partial charge in [0.15, 0.2) is 11.5 Å². The summed E-state index contributed by atoms with van der Waals surface area (Å²) in [6.45, 7) is 0.401. The third-order valence-electron chi connectivity index (χ3n) is 3.18. The van der Waals surface area contributed by atoms with Crippen molar-refractivity contribution in [2.75, 3.05) is 12.5 Å². The molecule has 2 aromatic carbocycles. The van der Waals surface area contributed by atoms with Gasteiger partial charge in [-0.3, -0.25) is 4.79 Å². The number of nitrogens with one attached hydrogen (secondary N) is 1. The highest BCUT2D eigenvalue weighted by Gasteiger charge is 2.18. The van der Waals surface area contributed by atoms with Crippen LogP contribution in [0.2, 0.25) is 0 Å². The summed E-state index contributed by atoms with van der Waals surface area (Å²) in [5.41, 5.74) is 6.80. The first-order valence-corrected chi connectivity index (χ1v) is 6.36. The van der Waals surface area contributed by atoms with Crippen LogP contribution < -0.4 is 20.5 Å². The molecule has 3 rings (SSSR count). The van der Waals surface area contributed by atoms with Gasteiger partial charge in [0.2, 0.25) is 6.79 Å². The van der Waals surface area contributed by atoms with E-state index in [2.05, 4.69) is 5.32 Å². The Hall–Kier alpha value is -2.76. The maximum Gasteiger partial charge on any atom is 0.253 e. The van der Waals surface area contributed by atoms with Crippen molar-refractivity contribution in [1.29, 1.82) is 0 Å². The fourth-order valence-electron chi connectivity index (χ4n) is 2.13. The molecule has 0 saturated carbocycles. The molecule has 3 N–H and O–H groups in total. The fraction of sp³-hybridized carbons (Fsp3) is 0.133. The zero-order valence-electron chi connectivity index (χ0n) is 11.1. The maximum absolute atomic E-state index is 13.2. The van der Waals surface area contributed by atoms with E-state index in [0.29, 0.717) is 11.5 Å². The third-order valence-corrected chi connectivity index (χ3v) is 3.18. The molecule has 0 spiro atoms. The normalized spacial score (nSPS) is 12.2. The number of hydrogen-bond acceptors (Lipinski definition) is 4. The van der Waals surface area contributed by atoms with Gasteiger partial charge in [-0.1, -0.05) is 12.1 Å². The molecule has 1 aliphatic rings. The predicted molar refractivity (Wildman–Crippen MR) is 74.5 cm³/mol. The van der Waals surface area contributed by atoms with Gasteiger partial charge < -0.3 is 20.5 Å². The number of anilines is 1. The average molecular weight is 288 g/mol. The lowest BCUT2D eigenvalue weighted by Gasteiger charge is -2.09. The molecule has 0 bridgehead atoms. The molecular formula is C15H13FN2O3. The number of nitrogen functional groups attached to an aromatic ring is 1. The van der Waals surface area contributed by atoms with Crippen LogP contribution in [0.5, 0.6) is 11.5 Å². The van der Waals surface area contributed by atoms with E-state index in [0.717, 1.165) is 11.6 Å². The van der Waals surface area contributed by atoms with Crippen LogP contribution in [0, 0.1) is 5.82 Å². The Labute approximate surface area is 120 Å². The van der Waals surface area contributed by atoms with Crippen molar-refractivity contribution >= 4 is 11.6 Å². The Morgan fingerprint density at radius 1 is 1.29 bits per heavy atom. The molecule has 0 aromatic heterocycles. The smallest absolute Gasteiger partial charge is 0.253 e. The van der Waals surface area contributed by atoms with E-state index >= 15 is 0 Å². The lowest BCUT2D eigenvalue weighted by molar-refractivity contribution is 0.0951. The van der Waals surface area contributed by atoms with Gasteiger partial charge in [-0.15, -0.1) is 0 Å². The Kier molecular flexibility index (Phi) is 3.35. The van der Waals surface area contributed by atoms with Crippen molar-refractivity contribution < 1.29 is 18.7 Å². The van der Waals surface area contributed by atoms with Crippen LogP contribution in [0.25, 0.3) is 0 Å². The van der Waals surface area contributed by atoms with Crippen molar-refractivity contribution in [3.63, 3.8) is 0 Å². The first-order chi connectivity index (χ1) is 10.1. The van der Waals surface area contributed by atoms with Crippen LogP contribution in [0.4, 0.5) is 10.1 Å². The highest BCUT2D eigenvalue weighted by atomic mass is 19.1. The average Bonchev–Trinajstić information content (AvgIpc) is 2.96. The van der Waals surface area contributed by atoms with E-state index in [1.54, 1.807) is 6.07 Å². The molecule has 2 aromatic rings. The number of benzene rings is 2. The molecule has 0 saturated heterocycles. The van der Waals surface area contributed by atoms with Crippen LogP contribution >= 0.6 is 0 Å². The van der Waals surface area contributed by atoms with Crippen molar-refractivity contribution in [3.05, 3.63) is 53.3 Å². The van der Waals surface area contributed by atoms with Crippen LogP contribution in [-0.4, -0.2) is 12.7 Å². The fourth-order valence-corrected chi connectivity index (χ4v) is 2.13. The Morgan fingerprint density at radius 3 is 3.00 bits per heavy atom. The zero-order valence-corrected chi connectivity index (χ0v) is 11.1. The van der Waals surface area contributed by atoms with Gasteiger partial charge in [-0.25, -0.2) is 4.39 Å². The highest BCUT2D eigenvalue weighted by Crippen LogP contribution is 2.35. The second kappa shape index (κ2) is 5.32. The van der Waals surface area contributed by atoms with Gasteiger partial charge in [0.1, 0.15) is 5.82 Å². The number of carbonyl (C=O) groups is 1. The summed E-state index contributed by atoms with van der Waals surface area (Å²) < 4.78 is 23.8. The molecule has 1 heterocycles. The predicted octanol–water partition coefficient (Wildman–Crippen LogP) is 2.07. The third kappa shape index (κ3) is 2.60. The van der Waals surface area contributed by atoms with Crippen molar-refractivity contribution in [2.45, 2.75) is 6.54 Å². The topological polar surface area (TPSA) is 73.6 Å². The summed E-state index contributed by atoms with van der Waals surface area (Å²) in [5.74, 6) is 0.312. The van der Waals surface area contributed by atoms with E-state index in [-0.39, 0.29) is 24.6 Å². The quantitative estimate of drug-likeness (QED) is 0.848. The number of rotatable bonds is 3. The van der Waals surface area contributed by atoms with Gasteiger partial charge >= 0.3 is 0 Å². The SMILES string of the molecule is Nc1ccc(F)cc1C(=O)NCc1cccc2c1OCO2. The summed E-state index contributed by atoms with van der Waals surface area (Å²) >= 11 is 0. The van der Waals surface area contributed by atoms with Crippen LogP contribution in [0.15, 0.2) is 36.4 Å². The summed E-state index contributed by atoms with van der Waals surface area (Å²) in [6.07, 6.45) is 0. The zero-order chi connectivity index (χ0) is 14.8. The van der Waals surface area contributed by atoms with Crippen LogP contribution in [0.1, 0.15) is 15.9 Å². The standard InChI is InChI=1S/C15H13FN2O3/c16-10-4-5-12(17)11(6-10)15(19)18-7-9-2-1-3-13-14(9)21-8-20-13/h1-6H,7-8,17H2,(H,18,19). The van der Waals surface area contributed by atoms with Crippen LogP contribution in [-0.2, 0) is 6.54 Å². The maximum atomic E-state index is 13.2. The van der Waals surface area contributed by atoms with Gasteiger partial charge in [0, 0.05) is 17.8 Å². The Morgan fingerprint density at radius 2 is 2.14 bits per heavy atom. The molecule has 21 heavy (non-hydrogen) atoms. The number of para-hydroxylation sites is 1. The van der Waals surface area contributed by atoms with E-state index in [1.165, 1.54) is 12.1 Å². The summed E-state index contributed by atoms with van der Waals surface area (Å²) in [5, 5.41) is 2.69. The Balaban J connectivity index is 1.75. The van der Waals surface area contributed by atoms with Gasteiger partial charge in [0.25, 0.3) is 5.91 Å². The molecule has 0 aliphatic carbocycles. The molecule has 0 atom stereocenters. The first kappa shape index (κ1) is 13.2. The van der Waals surface area contributed by atoms with Crippen LogP contribution in [0.3, 0.4) is 0 Å². The monoisotopic (exact) mass is 288 g/mol. The number of amides is 1. The van der Waals surface area contributed by atoms with Gasteiger partial charge in [-0.2, -0.15) is 0 Å². The second-order valence-corrected chi connectivity index (χ2v) is 4.57. The van der Waals surface area contributed by atoms with E-state index in [4.69, 9.17) is 15.2 Å². The first-order valence-electron chi connectivity index (χ1n) is 6.36. The second-order valence-electron chi connectivity index (χ2n) is 4.57. The molecule has 1 amide bonds. The molecule has 0 fully saturated rings. The molecule has 5 nitrogen and oxygen atoms in total. The number of fused-ring (bicyclic) bond motifs is 1. The molecular weight excluding hydrogens is 275 g/mol. The lowest BCUT2D eigenvalue weighted by atomic mass is 10.1. The number of carbonyl (C=O) groups excluding carboxylic acids is 1. The van der Waals surface area contributed by atoms with Crippen molar-refractivity contribution in [1.82, 2.24) is 5.32 Å². The van der Waals surface area contributed by atoms with E-state index in [9.17, 15) is 9.18 Å². The molecule has 0 radical (unpaired) electrons. The van der Waals surface area contributed by atoms with E-state index in [1.807, 2.05) is 12.1 Å². The molecule has 1 aliphatic heterocycles. The van der Waals surface area contributed by atoms with Crippen molar-refractivity contribution in [2.24, 2.45) is 0 Å². The van der Waals surface area contributed by atoms with Gasteiger partial charge in [0.05, 0.1) is 5.56 Å². The number of ether oxygens (including phenoxy) is 2. The highest BCUT2D eigenvalue weighted by molar-refractivity contribution is 5.99. The number of nitrogens with two attached hydrogens (primary N) is 1. The molecule has 108 valence electrons. The summed E-state index contributed by atoms with van der Waals surface area (Å²) in [4.78, 5) is 12.1. The number of hydrogen-bond donors (Lipinski definition) is 2. The van der Waals surface area contributed by atoms with Crippen molar-refractivity contribution in [3.8, 4) is 11.5 Å². The molecule has 6 heteroatoms. The number of halogens is 1. The van der Waals surface area contributed by atoms with Gasteiger partial charge in [-0.05, 0) is 24.3 Å². The Bertz CT molecular complexity index is 703.